The summed E-state index contributed by atoms with van der Waals surface area (Å²) < 4.78 is 5.23. The van der Waals surface area contributed by atoms with Gasteiger partial charge in [0.05, 0.1) is 0 Å². The number of carbonyl (C=O) groups is 1. The molecule has 0 aliphatic heterocycles. The molecule has 0 saturated heterocycles. The van der Waals surface area contributed by atoms with Crippen molar-refractivity contribution in [2.24, 2.45) is 5.73 Å². The Morgan fingerprint density at radius 3 is 2.73 bits per heavy atom. The van der Waals surface area contributed by atoms with Gasteiger partial charge in [0.1, 0.15) is 0 Å². The zero-order chi connectivity index (χ0) is 15.1. The van der Waals surface area contributed by atoms with Gasteiger partial charge in [-0.05, 0) is 6.42 Å². The number of carbonyl (C=O) groups excluding carboxylic acids is 1. The molecule has 22 heavy (non-hydrogen) atoms. The molecular weight excluding hydrogens is 302 g/mol. The topological polar surface area (TPSA) is 81.1 Å². The second kappa shape index (κ2) is 9.23. The van der Waals surface area contributed by atoms with Crippen LogP contribution in [-0.4, -0.2) is 23.7 Å². The minimum Gasteiger partial charge on any atom is -0.355 e. The van der Waals surface area contributed by atoms with Crippen LogP contribution >= 0.6 is 12.4 Å². The molecule has 1 aromatic heterocycles. The van der Waals surface area contributed by atoms with Crippen LogP contribution in [0.2, 0.25) is 0 Å². The Bertz CT molecular complexity index is 572. The maximum Gasteiger partial charge on any atom is 0.273 e. The first-order chi connectivity index (χ1) is 10.2. The Morgan fingerprint density at radius 2 is 2.09 bits per heavy atom. The quantitative estimate of drug-likeness (QED) is 0.820. The third-order valence-corrected chi connectivity index (χ3v) is 3.33. The lowest BCUT2D eigenvalue weighted by Gasteiger charge is -2.15. The van der Waals surface area contributed by atoms with Gasteiger partial charge in [0, 0.05) is 24.2 Å². The lowest BCUT2D eigenvalue weighted by Crippen LogP contribution is -2.40. The first-order valence-electron chi connectivity index (χ1n) is 7.27. The Balaban J connectivity index is 0.00000242. The van der Waals surface area contributed by atoms with E-state index < -0.39 is 0 Å². The highest BCUT2D eigenvalue weighted by molar-refractivity contribution is 5.93. The summed E-state index contributed by atoms with van der Waals surface area (Å²) >= 11 is 0. The number of aromatic nitrogens is 1. The van der Waals surface area contributed by atoms with Gasteiger partial charge in [0.15, 0.2) is 11.5 Å². The van der Waals surface area contributed by atoms with Crippen LogP contribution in [0.1, 0.15) is 36.7 Å². The summed E-state index contributed by atoms with van der Waals surface area (Å²) in [4.78, 5) is 12.1. The van der Waals surface area contributed by atoms with Crippen molar-refractivity contribution in [2.45, 2.75) is 32.2 Å². The highest BCUT2D eigenvalue weighted by Gasteiger charge is 2.16. The third-order valence-electron chi connectivity index (χ3n) is 3.33. The Morgan fingerprint density at radius 1 is 1.36 bits per heavy atom. The maximum absolute atomic E-state index is 12.1. The Labute approximate surface area is 136 Å². The summed E-state index contributed by atoms with van der Waals surface area (Å²) in [5.41, 5.74) is 6.85. The van der Waals surface area contributed by atoms with E-state index in [1.165, 1.54) is 0 Å². The normalized spacial score (nSPS) is 11.5. The fourth-order valence-corrected chi connectivity index (χ4v) is 2.08. The lowest BCUT2D eigenvalue weighted by molar-refractivity contribution is 0.0926. The number of nitrogens with zero attached hydrogens (tertiary/aromatic N) is 1. The first kappa shape index (κ1) is 18.2. The molecule has 0 fully saturated rings. The summed E-state index contributed by atoms with van der Waals surface area (Å²) in [6, 6.07) is 11.2. The van der Waals surface area contributed by atoms with Gasteiger partial charge < -0.3 is 15.6 Å². The van der Waals surface area contributed by atoms with Gasteiger partial charge in [-0.25, -0.2) is 0 Å². The van der Waals surface area contributed by atoms with E-state index in [1.54, 1.807) is 6.07 Å². The number of unbranched alkanes of at least 4 members (excludes halogenated alkanes) is 1. The number of amides is 1. The molecule has 6 heteroatoms. The second-order valence-corrected chi connectivity index (χ2v) is 4.99. The molecule has 3 N–H and O–H groups in total. The number of hydrogen-bond acceptors (Lipinski definition) is 4. The van der Waals surface area contributed by atoms with Crippen LogP contribution in [0.3, 0.4) is 0 Å². The van der Waals surface area contributed by atoms with E-state index in [0.717, 1.165) is 24.8 Å². The van der Waals surface area contributed by atoms with E-state index >= 15 is 0 Å². The molecule has 1 unspecified atom stereocenters. The first-order valence-corrected chi connectivity index (χ1v) is 7.27. The van der Waals surface area contributed by atoms with E-state index in [9.17, 15) is 4.79 Å². The van der Waals surface area contributed by atoms with Gasteiger partial charge in [-0.15, -0.1) is 12.4 Å². The predicted molar refractivity (Wildman–Crippen MR) is 89.0 cm³/mol. The molecule has 0 aliphatic carbocycles. The zero-order valence-corrected chi connectivity index (χ0v) is 13.4. The monoisotopic (exact) mass is 323 g/mol. The van der Waals surface area contributed by atoms with Gasteiger partial charge in [-0.1, -0.05) is 55.3 Å². The van der Waals surface area contributed by atoms with Gasteiger partial charge in [-0.2, -0.15) is 0 Å². The van der Waals surface area contributed by atoms with Crippen LogP contribution < -0.4 is 11.1 Å². The van der Waals surface area contributed by atoms with Crippen LogP contribution in [-0.2, 0) is 0 Å². The zero-order valence-electron chi connectivity index (χ0n) is 12.6. The molecule has 1 heterocycles. The molecular formula is C16H22ClN3O2. The van der Waals surface area contributed by atoms with Crippen LogP contribution in [0, 0.1) is 0 Å². The fourth-order valence-electron chi connectivity index (χ4n) is 2.08. The van der Waals surface area contributed by atoms with Gasteiger partial charge in [0.2, 0.25) is 0 Å². The second-order valence-electron chi connectivity index (χ2n) is 4.99. The van der Waals surface area contributed by atoms with E-state index in [4.69, 9.17) is 10.3 Å². The summed E-state index contributed by atoms with van der Waals surface area (Å²) in [5, 5.41) is 6.73. The molecule has 0 spiro atoms. The fraction of sp³-hybridized carbons (Fsp3) is 0.375. The number of nitrogens with one attached hydrogen (secondary N) is 1. The van der Waals surface area contributed by atoms with Crippen molar-refractivity contribution in [2.75, 3.05) is 6.54 Å². The molecule has 1 atom stereocenters. The third kappa shape index (κ3) is 4.86. The van der Waals surface area contributed by atoms with E-state index in [0.29, 0.717) is 12.3 Å². The van der Waals surface area contributed by atoms with E-state index in [-0.39, 0.29) is 30.0 Å². The Kier molecular flexibility index (Phi) is 7.63. The molecule has 2 rings (SSSR count). The highest BCUT2D eigenvalue weighted by atomic mass is 35.5. The average molecular weight is 324 g/mol. The molecule has 0 saturated carbocycles. The lowest BCUT2D eigenvalue weighted by atomic mass is 10.1. The van der Waals surface area contributed by atoms with Gasteiger partial charge in [0.25, 0.3) is 5.91 Å². The van der Waals surface area contributed by atoms with Crippen molar-refractivity contribution in [1.82, 2.24) is 10.5 Å². The molecule has 0 bridgehead atoms. The molecule has 0 radical (unpaired) electrons. The van der Waals surface area contributed by atoms with Crippen molar-refractivity contribution < 1.29 is 9.32 Å². The number of rotatable bonds is 7. The van der Waals surface area contributed by atoms with Gasteiger partial charge >= 0.3 is 0 Å². The van der Waals surface area contributed by atoms with Crippen LogP contribution in [0.5, 0.6) is 0 Å². The summed E-state index contributed by atoms with van der Waals surface area (Å²) in [5.74, 6) is 0.339. The average Bonchev–Trinajstić information content (AvgIpc) is 3.02. The molecule has 2 aromatic rings. The van der Waals surface area contributed by atoms with Crippen molar-refractivity contribution in [3.63, 3.8) is 0 Å². The summed E-state index contributed by atoms with van der Waals surface area (Å²) in [6.45, 7) is 2.54. The highest BCUT2D eigenvalue weighted by Crippen LogP contribution is 2.19. The summed E-state index contributed by atoms with van der Waals surface area (Å²) in [6.07, 6.45) is 2.99. The van der Waals surface area contributed by atoms with Crippen molar-refractivity contribution in [1.29, 1.82) is 0 Å². The Hall–Kier alpha value is -1.85. The minimum atomic E-state index is -0.243. The standard InChI is InChI=1S/C16H21N3O2.ClH/c1-2-3-9-13(11-17)18-16(20)14-10-15(21-19-14)12-7-5-4-6-8-12;/h4-8,10,13H,2-3,9,11,17H2,1H3,(H,18,20);1H. The smallest absolute Gasteiger partial charge is 0.273 e. The van der Waals surface area contributed by atoms with Crippen molar-refractivity contribution in [3.8, 4) is 11.3 Å². The van der Waals surface area contributed by atoms with E-state index in [1.807, 2.05) is 30.3 Å². The summed E-state index contributed by atoms with van der Waals surface area (Å²) in [7, 11) is 0. The maximum atomic E-state index is 12.1. The number of benzene rings is 1. The molecule has 120 valence electrons. The molecule has 5 nitrogen and oxygen atoms in total. The van der Waals surface area contributed by atoms with Crippen LogP contribution in [0.4, 0.5) is 0 Å². The SMILES string of the molecule is CCCCC(CN)NC(=O)c1cc(-c2ccccc2)on1.Cl. The van der Waals surface area contributed by atoms with Crippen LogP contribution in [0.15, 0.2) is 40.9 Å². The number of nitrogens with two attached hydrogens (primary N) is 1. The van der Waals surface area contributed by atoms with Crippen LogP contribution in [0.25, 0.3) is 11.3 Å². The van der Waals surface area contributed by atoms with Crippen molar-refractivity contribution >= 4 is 18.3 Å². The number of hydrogen-bond donors (Lipinski definition) is 2. The predicted octanol–water partition coefficient (Wildman–Crippen LogP) is 3.01. The molecule has 0 aliphatic rings. The minimum absolute atomic E-state index is 0. The largest absolute Gasteiger partial charge is 0.355 e. The number of halogens is 1. The molecule has 1 amide bonds. The van der Waals surface area contributed by atoms with Gasteiger partial charge in [-0.3, -0.25) is 4.79 Å². The molecule has 1 aromatic carbocycles. The van der Waals surface area contributed by atoms with E-state index in [2.05, 4.69) is 17.4 Å². The van der Waals surface area contributed by atoms with Crippen molar-refractivity contribution in [3.05, 3.63) is 42.1 Å².